The number of hydrogen-bond donors (Lipinski definition) is 2. The number of aliphatic hydroxyl groups is 1. The summed E-state index contributed by atoms with van der Waals surface area (Å²) in [7, 11) is 0. The van der Waals surface area contributed by atoms with Crippen molar-refractivity contribution in [2.75, 3.05) is 13.1 Å². The van der Waals surface area contributed by atoms with Crippen LogP contribution in [-0.2, 0) is 12.3 Å². The lowest BCUT2D eigenvalue weighted by Gasteiger charge is -2.36. The van der Waals surface area contributed by atoms with Gasteiger partial charge in [0.05, 0.1) is 22.7 Å². The van der Waals surface area contributed by atoms with Gasteiger partial charge in [0.25, 0.3) is 11.8 Å². The van der Waals surface area contributed by atoms with Crippen LogP contribution in [0.1, 0.15) is 44.7 Å². The second-order valence-corrected chi connectivity index (χ2v) is 9.27. The quantitative estimate of drug-likeness (QED) is 0.601. The number of halogens is 4. The third-order valence-electron chi connectivity index (χ3n) is 6.49. The minimum atomic E-state index is -2.88. The Kier molecular flexibility index (Phi) is 7.37. The standard InChI is InChI=1S/C23H26ClF3N6O3/c1-3-23(26,27)15-4-5-17(29-13(15)2)30-21(35)33-8-6-22(25,7-9-33)19-16(24)10-14(11-28-19)20-31-18(12-34)36-32-20/h4-5,10-11,13,15,34H,3,6-9,12H2,1-2H3,(H,29,30,35). The summed E-state index contributed by atoms with van der Waals surface area (Å²) in [6, 6.07) is 0.291. The maximum absolute atomic E-state index is 15.8. The average Bonchev–Trinajstić information content (AvgIpc) is 3.33. The van der Waals surface area contributed by atoms with Crippen molar-refractivity contribution in [3.8, 4) is 11.4 Å². The monoisotopic (exact) mass is 526 g/mol. The number of carbonyl (C=O) groups is 1. The molecule has 1 fully saturated rings. The van der Waals surface area contributed by atoms with Crippen LogP contribution >= 0.6 is 11.6 Å². The lowest BCUT2D eigenvalue weighted by molar-refractivity contribution is -0.0500. The number of pyridine rings is 1. The fourth-order valence-corrected chi connectivity index (χ4v) is 4.65. The number of aliphatic imine (C=N–C) groups is 1. The second kappa shape index (κ2) is 10.2. The molecular weight excluding hydrogens is 501 g/mol. The summed E-state index contributed by atoms with van der Waals surface area (Å²) in [4.78, 5) is 26.5. The highest BCUT2D eigenvalue weighted by Gasteiger charge is 2.42. The molecule has 0 spiro atoms. The zero-order valence-electron chi connectivity index (χ0n) is 19.7. The number of nitrogens with one attached hydrogen (secondary N) is 1. The molecule has 36 heavy (non-hydrogen) atoms. The van der Waals surface area contributed by atoms with Gasteiger partial charge in [0.15, 0.2) is 5.67 Å². The Labute approximate surface area is 210 Å². The summed E-state index contributed by atoms with van der Waals surface area (Å²) in [5.41, 5.74) is -1.40. The van der Waals surface area contributed by atoms with E-state index in [1.807, 2.05) is 0 Å². The molecule has 194 valence electrons. The molecule has 2 aliphatic heterocycles. The van der Waals surface area contributed by atoms with E-state index in [9.17, 15) is 13.6 Å². The second-order valence-electron chi connectivity index (χ2n) is 8.86. The Morgan fingerprint density at radius 1 is 1.39 bits per heavy atom. The van der Waals surface area contributed by atoms with Gasteiger partial charge >= 0.3 is 6.03 Å². The Bertz CT molecular complexity index is 1180. The van der Waals surface area contributed by atoms with E-state index < -0.39 is 36.2 Å². The Morgan fingerprint density at radius 2 is 2.11 bits per heavy atom. The summed E-state index contributed by atoms with van der Waals surface area (Å²) in [6.07, 6.45) is 3.76. The molecular formula is C23H26ClF3N6O3. The molecule has 0 aromatic carbocycles. The fourth-order valence-electron chi connectivity index (χ4n) is 4.32. The van der Waals surface area contributed by atoms with Crippen LogP contribution in [0.4, 0.5) is 18.0 Å². The van der Waals surface area contributed by atoms with E-state index in [-0.39, 0.29) is 60.6 Å². The first-order valence-corrected chi connectivity index (χ1v) is 11.9. The summed E-state index contributed by atoms with van der Waals surface area (Å²) in [6.45, 7) is 2.77. The smallest absolute Gasteiger partial charge is 0.323 e. The zero-order chi connectivity index (χ0) is 26.1. The van der Waals surface area contributed by atoms with Crippen molar-refractivity contribution < 1.29 is 27.6 Å². The lowest BCUT2D eigenvalue weighted by atomic mass is 9.89. The van der Waals surface area contributed by atoms with Crippen LogP contribution in [0.3, 0.4) is 0 Å². The van der Waals surface area contributed by atoms with Crippen LogP contribution in [0.25, 0.3) is 11.4 Å². The van der Waals surface area contributed by atoms with Crippen molar-refractivity contribution in [1.82, 2.24) is 25.3 Å². The van der Waals surface area contributed by atoms with Crippen molar-refractivity contribution in [1.29, 1.82) is 0 Å². The van der Waals surface area contributed by atoms with Crippen molar-refractivity contribution in [2.24, 2.45) is 10.9 Å². The van der Waals surface area contributed by atoms with Crippen molar-refractivity contribution >= 4 is 23.5 Å². The highest BCUT2D eigenvalue weighted by atomic mass is 35.5. The van der Waals surface area contributed by atoms with Gasteiger partial charge in [-0.2, -0.15) is 4.98 Å². The molecule has 0 radical (unpaired) electrons. The van der Waals surface area contributed by atoms with Gasteiger partial charge in [0, 0.05) is 44.1 Å². The van der Waals surface area contributed by atoms with Gasteiger partial charge in [0.1, 0.15) is 12.4 Å². The number of urea groups is 1. The van der Waals surface area contributed by atoms with Crippen molar-refractivity contribution in [2.45, 2.75) is 57.3 Å². The number of nitrogens with zero attached hydrogens (tertiary/aromatic N) is 5. The predicted octanol–water partition coefficient (Wildman–Crippen LogP) is 4.27. The van der Waals surface area contributed by atoms with E-state index in [0.717, 1.165) is 0 Å². The summed E-state index contributed by atoms with van der Waals surface area (Å²) >= 11 is 6.33. The van der Waals surface area contributed by atoms with Crippen molar-refractivity contribution in [3.05, 3.63) is 41.0 Å². The predicted molar refractivity (Wildman–Crippen MR) is 125 cm³/mol. The van der Waals surface area contributed by atoms with E-state index in [1.54, 1.807) is 6.92 Å². The van der Waals surface area contributed by atoms with Gasteiger partial charge in [-0.05, 0) is 19.1 Å². The SMILES string of the molecule is CCC(F)(F)C1C=CC(NC(=O)N2CCC(F)(c3ncc(-c4noc(CO)n4)cc3Cl)CC2)=NC1C. The van der Waals surface area contributed by atoms with Gasteiger partial charge in [-0.15, -0.1) is 0 Å². The topological polar surface area (TPSA) is 117 Å². The number of amidine groups is 1. The number of aromatic nitrogens is 3. The van der Waals surface area contributed by atoms with Gasteiger partial charge in [0.2, 0.25) is 5.82 Å². The minimum absolute atomic E-state index is 0.0284. The van der Waals surface area contributed by atoms with Gasteiger partial charge in [-0.25, -0.2) is 18.0 Å². The molecule has 9 nitrogen and oxygen atoms in total. The molecule has 0 saturated carbocycles. The third-order valence-corrected chi connectivity index (χ3v) is 6.78. The Morgan fingerprint density at radius 3 is 2.69 bits per heavy atom. The Balaban J connectivity index is 1.37. The molecule has 2 atom stereocenters. The van der Waals surface area contributed by atoms with Crippen molar-refractivity contribution in [3.63, 3.8) is 0 Å². The number of carbonyl (C=O) groups excluding carboxylic acids is 1. The van der Waals surface area contributed by atoms with Crippen LogP contribution < -0.4 is 5.32 Å². The number of piperidine rings is 1. The minimum Gasteiger partial charge on any atom is -0.387 e. The van der Waals surface area contributed by atoms with Crippen LogP contribution in [0.2, 0.25) is 5.02 Å². The molecule has 13 heteroatoms. The van der Waals surface area contributed by atoms with E-state index in [1.165, 1.54) is 36.2 Å². The van der Waals surface area contributed by atoms with E-state index in [4.69, 9.17) is 21.2 Å². The van der Waals surface area contributed by atoms with Gasteiger partial charge in [-0.3, -0.25) is 15.3 Å². The van der Waals surface area contributed by atoms with E-state index in [2.05, 4.69) is 25.4 Å². The molecule has 2 aromatic rings. The first-order chi connectivity index (χ1) is 17.1. The molecule has 2 unspecified atom stereocenters. The normalized spacial score (nSPS) is 21.9. The number of likely N-dealkylation sites (tertiary alicyclic amines) is 1. The number of hydrogen-bond acceptors (Lipinski definition) is 7. The Hall–Kier alpha value is -2.99. The fraction of sp³-hybridized carbons (Fsp3) is 0.522. The molecule has 2 aromatic heterocycles. The number of aliphatic hydroxyl groups excluding tert-OH is 1. The maximum atomic E-state index is 15.8. The molecule has 4 rings (SSSR count). The molecule has 2 N–H and O–H groups in total. The molecule has 2 aliphatic rings. The first-order valence-electron chi connectivity index (χ1n) is 11.5. The van der Waals surface area contributed by atoms with Gasteiger partial charge < -0.3 is 14.5 Å². The zero-order valence-corrected chi connectivity index (χ0v) is 20.5. The number of amides is 2. The lowest BCUT2D eigenvalue weighted by Crippen LogP contribution is -2.49. The van der Waals surface area contributed by atoms with Crippen LogP contribution in [-0.4, -0.2) is 62.1 Å². The largest absolute Gasteiger partial charge is 0.387 e. The summed E-state index contributed by atoms with van der Waals surface area (Å²) in [5.74, 6) is -3.53. The summed E-state index contributed by atoms with van der Waals surface area (Å²) < 4.78 is 48.7. The molecule has 0 aliphatic carbocycles. The van der Waals surface area contributed by atoms with Crippen LogP contribution in [0, 0.1) is 5.92 Å². The van der Waals surface area contributed by atoms with Crippen LogP contribution in [0.5, 0.6) is 0 Å². The highest BCUT2D eigenvalue weighted by Crippen LogP contribution is 2.40. The van der Waals surface area contributed by atoms with E-state index >= 15 is 4.39 Å². The number of alkyl halides is 3. The number of rotatable bonds is 5. The molecule has 0 bridgehead atoms. The highest BCUT2D eigenvalue weighted by molar-refractivity contribution is 6.31. The molecule has 1 saturated heterocycles. The third kappa shape index (κ3) is 5.24. The van der Waals surface area contributed by atoms with Crippen LogP contribution in [0.15, 0.2) is 33.9 Å². The molecule has 4 heterocycles. The van der Waals surface area contributed by atoms with Gasteiger partial charge in [-0.1, -0.05) is 29.8 Å². The average molecular weight is 527 g/mol. The maximum Gasteiger partial charge on any atom is 0.323 e. The summed E-state index contributed by atoms with van der Waals surface area (Å²) in [5, 5.41) is 15.5. The number of dihydropyridines is 1. The first kappa shape index (κ1) is 26.1. The molecule has 2 amide bonds. The van der Waals surface area contributed by atoms with E-state index in [0.29, 0.717) is 5.56 Å².